The van der Waals surface area contributed by atoms with Crippen LogP contribution in [0.2, 0.25) is 0 Å². The second-order valence-corrected chi connectivity index (χ2v) is 4.75. The summed E-state index contributed by atoms with van der Waals surface area (Å²) in [7, 11) is 2.11. The zero-order chi connectivity index (χ0) is 12.8. The first-order valence-electron chi connectivity index (χ1n) is 6.11. The van der Waals surface area contributed by atoms with Gasteiger partial charge in [0, 0.05) is 25.7 Å². The molecule has 3 heteroatoms. The number of anilines is 1. The molecule has 1 rings (SSSR count). The van der Waals surface area contributed by atoms with E-state index in [9.17, 15) is 0 Å². The lowest BCUT2D eigenvalue weighted by Crippen LogP contribution is -2.19. The van der Waals surface area contributed by atoms with Gasteiger partial charge in [-0.15, -0.1) is 0 Å². The topological polar surface area (TPSA) is 53.1 Å². The maximum atomic E-state index is 7.16. The van der Waals surface area contributed by atoms with E-state index in [-0.39, 0.29) is 0 Å². The Morgan fingerprint density at radius 3 is 2.29 bits per heavy atom. The van der Waals surface area contributed by atoms with Crippen molar-refractivity contribution in [3.63, 3.8) is 0 Å². The summed E-state index contributed by atoms with van der Waals surface area (Å²) >= 11 is 0. The summed E-state index contributed by atoms with van der Waals surface area (Å²) in [4.78, 5) is 2.26. The van der Waals surface area contributed by atoms with E-state index in [1.165, 1.54) is 16.8 Å². The Kier molecular flexibility index (Phi) is 5.01. The summed E-state index contributed by atoms with van der Waals surface area (Å²) in [6, 6.07) is 6.60. The van der Waals surface area contributed by atoms with Gasteiger partial charge in [0.25, 0.3) is 0 Å². The van der Waals surface area contributed by atoms with Gasteiger partial charge >= 0.3 is 0 Å². The number of unbranched alkanes of at least 4 members (excludes halogenated alkanes) is 1. The molecule has 0 aliphatic heterocycles. The molecule has 0 aliphatic carbocycles. The summed E-state index contributed by atoms with van der Waals surface area (Å²) in [6.07, 6.45) is 2.77. The SMILES string of the molecule is Cc1cc(C)cc(N(C)CCCCC(=N)N)c1. The number of hydrogen-bond acceptors (Lipinski definition) is 2. The lowest BCUT2D eigenvalue weighted by Gasteiger charge is -2.20. The molecule has 0 saturated heterocycles. The van der Waals surface area contributed by atoms with Crippen molar-refractivity contribution >= 4 is 11.5 Å². The summed E-state index contributed by atoms with van der Waals surface area (Å²) in [5.41, 5.74) is 9.20. The highest BCUT2D eigenvalue weighted by Crippen LogP contribution is 2.17. The van der Waals surface area contributed by atoms with Gasteiger partial charge in [-0.05, 0) is 49.9 Å². The molecule has 3 N–H and O–H groups in total. The highest BCUT2D eigenvalue weighted by molar-refractivity contribution is 5.76. The number of amidine groups is 1. The average Bonchev–Trinajstić information content (AvgIpc) is 2.22. The molecule has 1 aromatic rings. The minimum atomic E-state index is 0.291. The fraction of sp³-hybridized carbons (Fsp3) is 0.500. The molecule has 0 heterocycles. The van der Waals surface area contributed by atoms with Crippen LogP contribution in [0.1, 0.15) is 30.4 Å². The maximum Gasteiger partial charge on any atom is 0.0905 e. The predicted octanol–water partition coefficient (Wildman–Crippen LogP) is 2.85. The molecule has 0 radical (unpaired) electrons. The minimum absolute atomic E-state index is 0.291. The number of hydrogen-bond donors (Lipinski definition) is 2. The van der Waals surface area contributed by atoms with Crippen molar-refractivity contribution in [2.24, 2.45) is 5.73 Å². The van der Waals surface area contributed by atoms with Crippen LogP contribution in [-0.4, -0.2) is 19.4 Å². The molecule has 0 aliphatic rings. The van der Waals surface area contributed by atoms with E-state index in [4.69, 9.17) is 11.1 Å². The van der Waals surface area contributed by atoms with Crippen LogP contribution in [-0.2, 0) is 0 Å². The molecule has 0 amide bonds. The van der Waals surface area contributed by atoms with E-state index in [0.29, 0.717) is 12.3 Å². The predicted molar refractivity (Wildman–Crippen MR) is 75.0 cm³/mol. The van der Waals surface area contributed by atoms with E-state index >= 15 is 0 Å². The highest BCUT2D eigenvalue weighted by Gasteiger charge is 2.02. The Morgan fingerprint density at radius 1 is 1.18 bits per heavy atom. The number of benzene rings is 1. The van der Waals surface area contributed by atoms with Gasteiger partial charge in [0.05, 0.1) is 5.84 Å². The Morgan fingerprint density at radius 2 is 1.76 bits per heavy atom. The molecule has 0 aromatic heterocycles. The van der Waals surface area contributed by atoms with E-state index < -0.39 is 0 Å². The van der Waals surface area contributed by atoms with Gasteiger partial charge in [-0.25, -0.2) is 0 Å². The number of nitrogens with one attached hydrogen (secondary N) is 1. The zero-order valence-electron chi connectivity index (χ0n) is 11.1. The van der Waals surface area contributed by atoms with Crippen molar-refractivity contribution in [3.8, 4) is 0 Å². The number of nitrogens with zero attached hydrogens (tertiary/aromatic N) is 1. The highest BCUT2D eigenvalue weighted by atomic mass is 15.1. The molecular formula is C14H23N3. The van der Waals surface area contributed by atoms with Crippen LogP contribution in [0, 0.1) is 19.3 Å². The fourth-order valence-electron chi connectivity index (χ4n) is 1.96. The van der Waals surface area contributed by atoms with E-state index in [2.05, 4.69) is 44.0 Å². The molecule has 0 fully saturated rings. The molecular weight excluding hydrogens is 210 g/mol. The van der Waals surface area contributed by atoms with Crippen molar-refractivity contribution in [2.45, 2.75) is 33.1 Å². The third-order valence-electron chi connectivity index (χ3n) is 2.84. The summed E-state index contributed by atoms with van der Waals surface area (Å²) in [6.45, 7) is 5.26. The first-order valence-corrected chi connectivity index (χ1v) is 6.11. The van der Waals surface area contributed by atoms with E-state index in [1.807, 2.05) is 0 Å². The number of aryl methyl sites for hydroxylation is 2. The lowest BCUT2D eigenvalue weighted by atomic mass is 10.1. The van der Waals surface area contributed by atoms with Crippen molar-refractivity contribution in [1.82, 2.24) is 0 Å². The van der Waals surface area contributed by atoms with Gasteiger partial charge in [-0.3, -0.25) is 5.41 Å². The third kappa shape index (κ3) is 4.89. The van der Waals surface area contributed by atoms with Gasteiger partial charge in [-0.2, -0.15) is 0 Å². The molecule has 3 nitrogen and oxygen atoms in total. The monoisotopic (exact) mass is 233 g/mol. The summed E-state index contributed by atoms with van der Waals surface area (Å²) < 4.78 is 0. The third-order valence-corrected chi connectivity index (χ3v) is 2.84. The lowest BCUT2D eigenvalue weighted by molar-refractivity contribution is 0.738. The number of rotatable bonds is 6. The van der Waals surface area contributed by atoms with Gasteiger partial charge < -0.3 is 10.6 Å². The Hall–Kier alpha value is -1.51. The fourth-order valence-corrected chi connectivity index (χ4v) is 1.96. The summed E-state index contributed by atoms with van der Waals surface area (Å²) in [5.74, 6) is 0.291. The first-order chi connectivity index (χ1) is 7.99. The van der Waals surface area contributed by atoms with Gasteiger partial charge in [0.15, 0.2) is 0 Å². The molecule has 0 atom stereocenters. The van der Waals surface area contributed by atoms with E-state index in [0.717, 1.165) is 19.4 Å². The maximum absolute atomic E-state index is 7.16. The normalized spacial score (nSPS) is 10.3. The number of nitrogens with two attached hydrogens (primary N) is 1. The van der Waals surface area contributed by atoms with Gasteiger partial charge in [-0.1, -0.05) is 6.07 Å². The van der Waals surface area contributed by atoms with E-state index in [1.54, 1.807) is 0 Å². The van der Waals surface area contributed by atoms with Crippen LogP contribution in [0.25, 0.3) is 0 Å². The molecule has 0 spiro atoms. The van der Waals surface area contributed by atoms with Gasteiger partial charge in [0.1, 0.15) is 0 Å². The Balaban J connectivity index is 2.46. The minimum Gasteiger partial charge on any atom is -0.388 e. The second kappa shape index (κ2) is 6.28. The van der Waals surface area contributed by atoms with Gasteiger partial charge in [0.2, 0.25) is 0 Å². The summed E-state index contributed by atoms with van der Waals surface area (Å²) in [5, 5.41) is 7.16. The van der Waals surface area contributed by atoms with Crippen LogP contribution in [0.3, 0.4) is 0 Å². The van der Waals surface area contributed by atoms with Crippen LogP contribution >= 0.6 is 0 Å². The van der Waals surface area contributed by atoms with Crippen molar-refractivity contribution in [2.75, 3.05) is 18.5 Å². The largest absolute Gasteiger partial charge is 0.388 e. The molecule has 0 unspecified atom stereocenters. The quantitative estimate of drug-likeness (QED) is 0.451. The zero-order valence-corrected chi connectivity index (χ0v) is 11.1. The average molecular weight is 233 g/mol. The molecule has 94 valence electrons. The molecule has 0 saturated carbocycles. The first kappa shape index (κ1) is 13.6. The second-order valence-electron chi connectivity index (χ2n) is 4.75. The Bertz CT molecular complexity index is 365. The molecule has 17 heavy (non-hydrogen) atoms. The van der Waals surface area contributed by atoms with Crippen molar-refractivity contribution in [1.29, 1.82) is 5.41 Å². The molecule has 0 bridgehead atoms. The smallest absolute Gasteiger partial charge is 0.0905 e. The molecule has 1 aromatic carbocycles. The van der Waals surface area contributed by atoms with Crippen LogP contribution in [0.15, 0.2) is 18.2 Å². The Labute approximate surface area is 104 Å². The van der Waals surface area contributed by atoms with Crippen LogP contribution in [0.4, 0.5) is 5.69 Å². The van der Waals surface area contributed by atoms with Crippen LogP contribution < -0.4 is 10.6 Å². The standard InChI is InChI=1S/C14H23N3/c1-11-8-12(2)10-13(9-11)17(3)7-5-4-6-14(15)16/h8-10H,4-7H2,1-3H3,(H3,15,16). The van der Waals surface area contributed by atoms with Crippen LogP contribution in [0.5, 0.6) is 0 Å². The van der Waals surface area contributed by atoms with Crippen molar-refractivity contribution < 1.29 is 0 Å². The van der Waals surface area contributed by atoms with Crippen molar-refractivity contribution in [3.05, 3.63) is 29.3 Å².